The predicted molar refractivity (Wildman–Crippen MR) is 138 cm³/mol. The van der Waals surface area contributed by atoms with Crippen molar-refractivity contribution >= 4 is 33.4 Å². The monoisotopic (exact) mass is 508 g/mol. The maximum Gasteiger partial charge on any atom is 0.337 e. The minimum atomic E-state index is -2.63. The molecule has 1 saturated heterocycles. The van der Waals surface area contributed by atoms with Gasteiger partial charge in [0.25, 0.3) is 5.91 Å². The van der Waals surface area contributed by atoms with Gasteiger partial charge < -0.3 is 14.6 Å². The van der Waals surface area contributed by atoms with Crippen LogP contribution in [0.4, 0.5) is 4.39 Å². The normalized spacial score (nSPS) is 17.6. The Hall–Kier alpha value is -3.66. The molecule has 186 valence electrons. The molecule has 0 bridgehead atoms. The van der Waals surface area contributed by atoms with Crippen LogP contribution in [0.1, 0.15) is 27.1 Å². The van der Waals surface area contributed by atoms with Crippen molar-refractivity contribution in [1.82, 2.24) is 9.88 Å². The van der Waals surface area contributed by atoms with E-state index in [2.05, 4.69) is 5.32 Å². The first-order valence-electron chi connectivity index (χ1n) is 11.4. The fraction of sp³-hybridized carbons (Fsp3) is 0.185. The second kappa shape index (κ2) is 9.42. The van der Waals surface area contributed by atoms with E-state index in [9.17, 15) is 23.1 Å². The summed E-state index contributed by atoms with van der Waals surface area (Å²) in [6.07, 6.45) is 2.41. The van der Waals surface area contributed by atoms with Crippen molar-refractivity contribution < 1.29 is 27.8 Å². The lowest BCUT2D eigenvalue weighted by Gasteiger charge is -2.26. The number of fused-ring (bicyclic) bond motifs is 1. The number of methoxy groups -OCH3 is 1. The molecule has 1 fully saturated rings. The van der Waals surface area contributed by atoms with Gasteiger partial charge in [-0.15, -0.1) is 0 Å². The van der Waals surface area contributed by atoms with Crippen LogP contribution >= 0.6 is 10.6 Å². The predicted octanol–water partition coefficient (Wildman–Crippen LogP) is 5.48. The van der Waals surface area contributed by atoms with E-state index in [-0.39, 0.29) is 23.5 Å². The van der Waals surface area contributed by atoms with E-state index < -0.39 is 16.6 Å². The molecule has 1 aromatic heterocycles. The Morgan fingerprint density at radius 3 is 2.53 bits per heavy atom. The number of hydrogen-bond donors (Lipinski definition) is 3. The van der Waals surface area contributed by atoms with Gasteiger partial charge in [-0.05, 0) is 60.5 Å². The molecule has 1 aliphatic rings. The molecule has 3 N–H and O–H groups in total. The lowest BCUT2D eigenvalue weighted by molar-refractivity contribution is 0.0600. The van der Waals surface area contributed by atoms with Crippen LogP contribution in [0.5, 0.6) is 0 Å². The molecule has 0 radical (unpaired) electrons. The zero-order chi connectivity index (χ0) is 25.4. The van der Waals surface area contributed by atoms with Crippen molar-refractivity contribution in [2.24, 2.45) is 0 Å². The molecule has 0 spiro atoms. The summed E-state index contributed by atoms with van der Waals surface area (Å²) in [6, 6.07) is 18.1. The minimum Gasteiger partial charge on any atom is -0.465 e. The third-order valence-electron chi connectivity index (χ3n) is 6.36. The molecule has 9 heteroatoms. The van der Waals surface area contributed by atoms with E-state index in [0.717, 1.165) is 22.0 Å². The van der Waals surface area contributed by atoms with E-state index in [1.54, 1.807) is 42.5 Å². The van der Waals surface area contributed by atoms with E-state index in [4.69, 9.17) is 4.74 Å². The van der Waals surface area contributed by atoms with Gasteiger partial charge in [0.05, 0.1) is 23.9 Å². The first-order chi connectivity index (χ1) is 17.2. The lowest BCUT2D eigenvalue weighted by atomic mass is 10.0. The number of halogens is 1. The number of aromatic nitrogens is 1. The van der Waals surface area contributed by atoms with Crippen molar-refractivity contribution in [2.45, 2.75) is 12.5 Å². The Bertz CT molecular complexity index is 1470. The Morgan fingerprint density at radius 2 is 1.83 bits per heavy atom. The summed E-state index contributed by atoms with van der Waals surface area (Å²) < 4.78 is 40.1. The van der Waals surface area contributed by atoms with Crippen LogP contribution in [0.15, 0.2) is 72.9 Å². The highest BCUT2D eigenvalue weighted by Gasteiger charge is 2.29. The number of esters is 1. The average molecular weight is 509 g/mol. The summed E-state index contributed by atoms with van der Waals surface area (Å²) in [5.74, 6) is -0.656. The Morgan fingerprint density at radius 1 is 1.06 bits per heavy atom. The van der Waals surface area contributed by atoms with Crippen LogP contribution in [-0.2, 0) is 4.74 Å². The summed E-state index contributed by atoms with van der Waals surface area (Å²) in [6.45, 7) is 0. The number of benzene rings is 3. The summed E-state index contributed by atoms with van der Waals surface area (Å²) in [5, 5.41) is 3.74. The zero-order valence-corrected chi connectivity index (χ0v) is 20.3. The second-order valence-corrected chi connectivity index (χ2v) is 11.2. The number of amides is 1. The quantitative estimate of drug-likeness (QED) is 0.310. The van der Waals surface area contributed by atoms with Gasteiger partial charge in [0.2, 0.25) is 0 Å². The van der Waals surface area contributed by atoms with Crippen LogP contribution in [-0.4, -0.2) is 50.2 Å². The molecule has 3 aromatic carbocycles. The molecule has 2 heterocycles. The fourth-order valence-electron chi connectivity index (χ4n) is 4.55. The van der Waals surface area contributed by atoms with E-state index >= 15 is 0 Å². The van der Waals surface area contributed by atoms with Crippen molar-refractivity contribution in [3.63, 3.8) is 0 Å². The lowest BCUT2D eigenvalue weighted by Crippen LogP contribution is -2.35. The molecule has 1 atom stereocenters. The maximum absolute atomic E-state index is 13.6. The average Bonchev–Trinajstić information content (AvgIpc) is 3.43. The molecule has 36 heavy (non-hydrogen) atoms. The molecular formula is C27H25FN2O5S. The van der Waals surface area contributed by atoms with Crippen molar-refractivity contribution in [3.05, 3.63) is 89.9 Å². The first-order valence-corrected chi connectivity index (χ1v) is 13.3. The number of rotatable bonds is 5. The highest BCUT2D eigenvalue weighted by atomic mass is 32.3. The highest BCUT2D eigenvalue weighted by molar-refractivity contribution is 8.24. The van der Waals surface area contributed by atoms with Gasteiger partial charge in [0.15, 0.2) is 0 Å². The van der Waals surface area contributed by atoms with E-state index in [1.807, 2.05) is 22.9 Å². The molecule has 0 aliphatic carbocycles. The SMILES string of the molecule is COC(=O)c1cccc(-c2cn(-c3ccc(F)cc3)c3cc(C(=O)NC4CCS(O)(O)C4)ccc23)c1. The number of carbonyl (C=O) groups excluding carboxylic acids is 2. The van der Waals surface area contributed by atoms with Crippen LogP contribution in [0.25, 0.3) is 27.7 Å². The smallest absolute Gasteiger partial charge is 0.337 e. The summed E-state index contributed by atoms with van der Waals surface area (Å²) >= 11 is 0. The summed E-state index contributed by atoms with van der Waals surface area (Å²) in [7, 11) is -1.30. The van der Waals surface area contributed by atoms with Crippen LogP contribution in [0, 0.1) is 5.82 Å². The van der Waals surface area contributed by atoms with Gasteiger partial charge in [0.1, 0.15) is 5.82 Å². The first kappa shape index (κ1) is 24.1. The molecule has 5 rings (SSSR count). The number of nitrogens with one attached hydrogen (secondary N) is 1. The van der Waals surface area contributed by atoms with E-state index in [0.29, 0.717) is 29.0 Å². The van der Waals surface area contributed by atoms with Gasteiger partial charge >= 0.3 is 5.97 Å². The molecule has 1 amide bonds. The summed E-state index contributed by atoms with van der Waals surface area (Å²) in [4.78, 5) is 25.1. The Labute approximate surface area is 208 Å². The van der Waals surface area contributed by atoms with Gasteiger partial charge in [-0.2, -0.15) is 10.6 Å². The fourth-order valence-corrected chi connectivity index (χ4v) is 6.27. The number of carbonyl (C=O) groups is 2. The van der Waals surface area contributed by atoms with Gasteiger partial charge in [0, 0.05) is 40.2 Å². The number of hydrogen-bond acceptors (Lipinski definition) is 5. The highest BCUT2D eigenvalue weighted by Crippen LogP contribution is 2.45. The molecule has 1 aliphatic heterocycles. The van der Waals surface area contributed by atoms with Crippen LogP contribution < -0.4 is 5.32 Å². The summed E-state index contributed by atoms with van der Waals surface area (Å²) in [5.41, 5.74) is 3.88. The van der Waals surface area contributed by atoms with Crippen LogP contribution in [0.2, 0.25) is 0 Å². The van der Waals surface area contributed by atoms with Crippen molar-refractivity contribution in [3.8, 4) is 16.8 Å². The van der Waals surface area contributed by atoms with Crippen molar-refractivity contribution in [2.75, 3.05) is 18.6 Å². The molecule has 4 aromatic rings. The maximum atomic E-state index is 13.6. The Kier molecular flexibility index (Phi) is 6.29. The third-order valence-corrected chi connectivity index (χ3v) is 8.19. The van der Waals surface area contributed by atoms with Crippen molar-refractivity contribution in [1.29, 1.82) is 0 Å². The third kappa shape index (κ3) is 4.73. The van der Waals surface area contributed by atoms with E-state index in [1.165, 1.54) is 19.2 Å². The van der Waals surface area contributed by atoms with Gasteiger partial charge in [-0.25, -0.2) is 9.18 Å². The van der Waals surface area contributed by atoms with Crippen LogP contribution in [0.3, 0.4) is 0 Å². The largest absolute Gasteiger partial charge is 0.465 e. The van der Waals surface area contributed by atoms with Gasteiger partial charge in [-0.3, -0.25) is 13.9 Å². The van der Waals surface area contributed by atoms with Gasteiger partial charge in [-0.1, -0.05) is 18.2 Å². The molecule has 0 saturated carbocycles. The zero-order valence-electron chi connectivity index (χ0n) is 19.5. The minimum absolute atomic E-state index is 0.160. The Balaban J connectivity index is 1.59. The number of ether oxygens (including phenoxy) is 1. The molecule has 7 nitrogen and oxygen atoms in total. The molecular weight excluding hydrogens is 483 g/mol. The standard InChI is InChI=1S/C27H25FN2O5S/c1-35-27(32)19-4-2-3-17(13-19)24-15-30(22-8-6-20(28)7-9-22)25-14-18(5-10-23(24)25)26(31)29-21-11-12-36(33,34)16-21/h2-10,13-15,21,33-34H,11-12,16H2,1H3,(H,29,31). The topological polar surface area (TPSA) is 101 Å². The molecule has 1 unspecified atom stereocenters. The second-order valence-electron chi connectivity index (χ2n) is 8.83. The number of nitrogens with zero attached hydrogens (tertiary/aromatic N) is 1.